The van der Waals surface area contributed by atoms with Gasteiger partial charge in [-0.2, -0.15) is 0 Å². The number of benzene rings is 2. The van der Waals surface area contributed by atoms with Crippen molar-refractivity contribution in [1.29, 1.82) is 0 Å². The number of morpholine rings is 1. The summed E-state index contributed by atoms with van der Waals surface area (Å²) in [6.45, 7) is 2.85. The molecule has 1 heterocycles. The van der Waals surface area contributed by atoms with Crippen LogP contribution in [0, 0.1) is 5.82 Å². The predicted octanol–water partition coefficient (Wildman–Crippen LogP) is 4.41. The fourth-order valence-corrected chi connectivity index (χ4v) is 4.70. The summed E-state index contributed by atoms with van der Waals surface area (Å²) in [7, 11) is 0. The second-order valence-corrected chi connectivity index (χ2v) is 9.86. The third-order valence-corrected chi connectivity index (χ3v) is 7.26. The van der Waals surface area contributed by atoms with Crippen LogP contribution < -0.4 is 10.6 Å². The highest BCUT2D eigenvalue weighted by atomic mass is 35.5. The zero-order valence-electron chi connectivity index (χ0n) is 19.4. The van der Waals surface area contributed by atoms with E-state index >= 15 is 0 Å². The predicted molar refractivity (Wildman–Crippen MR) is 135 cm³/mol. The number of amides is 2. The van der Waals surface area contributed by atoms with Crippen molar-refractivity contribution in [3.05, 3.63) is 69.5 Å². The van der Waals surface area contributed by atoms with Crippen LogP contribution in [0.2, 0.25) is 10.0 Å². The zero-order valence-corrected chi connectivity index (χ0v) is 21.0. The summed E-state index contributed by atoms with van der Waals surface area (Å²) in [5, 5.41) is 7.57. The zero-order chi connectivity index (χ0) is 24.8. The summed E-state index contributed by atoms with van der Waals surface area (Å²) in [4.78, 5) is 27.5. The monoisotopic (exact) mass is 521 g/mol. The lowest BCUT2D eigenvalue weighted by Gasteiger charge is -2.30. The van der Waals surface area contributed by atoms with Crippen LogP contribution in [0.15, 0.2) is 42.5 Å². The molecule has 0 spiro atoms. The first-order valence-corrected chi connectivity index (χ1v) is 12.8. The van der Waals surface area contributed by atoms with E-state index < -0.39 is 11.9 Å². The van der Waals surface area contributed by atoms with Gasteiger partial charge in [-0.15, -0.1) is 0 Å². The third-order valence-electron chi connectivity index (χ3n) is 6.52. The summed E-state index contributed by atoms with van der Waals surface area (Å²) in [6, 6.07) is 10.9. The molecule has 2 aliphatic rings. The molecule has 2 N–H and O–H groups in total. The highest BCUT2D eigenvalue weighted by Gasteiger charge is 2.37. The van der Waals surface area contributed by atoms with Crippen LogP contribution in [0.3, 0.4) is 0 Å². The normalized spacial score (nSPS) is 20.4. The largest absolute Gasteiger partial charge is 0.378 e. The van der Waals surface area contributed by atoms with E-state index in [1.807, 2.05) is 18.2 Å². The lowest BCUT2D eigenvalue weighted by molar-refractivity contribution is -0.137. The Morgan fingerprint density at radius 1 is 1.06 bits per heavy atom. The molecule has 1 saturated heterocycles. The number of nitrogens with one attached hydrogen (secondary N) is 2. The van der Waals surface area contributed by atoms with Gasteiger partial charge in [-0.3, -0.25) is 9.59 Å². The second kappa shape index (κ2) is 12.2. The maximum absolute atomic E-state index is 13.2. The van der Waals surface area contributed by atoms with Crippen LogP contribution in [0.4, 0.5) is 4.39 Å². The first kappa shape index (κ1) is 25.9. The van der Waals surface area contributed by atoms with Crippen molar-refractivity contribution in [3.63, 3.8) is 0 Å². The SMILES string of the molecule is O=C(N[C@@H](CCCCN[C@@H]1C[C@H]1c1ccc(Cl)c(Cl)c1)C(=O)N1CCOCC1)c1ccc(F)cc1. The molecule has 2 amide bonds. The minimum absolute atomic E-state index is 0.0985. The van der Waals surface area contributed by atoms with Crippen molar-refractivity contribution in [3.8, 4) is 0 Å². The summed E-state index contributed by atoms with van der Waals surface area (Å²) in [6.07, 6.45) is 3.25. The number of nitrogens with zero attached hydrogens (tertiary/aromatic N) is 1. The molecule has 0 radical (unpaired) electrons. The van der Waals surface area contributed by atoms with Gasteiger partial charge in [0, 0.05) is 30.6 Å². The van der Waals surface area contributed by atoms with Gasteiger partial charge in [0.1, 0.15) is 11.9 Å². The third kappa shape index (κ3) is 7.17. The van der Waals surface area contributed by atoms with Gasteiger partial charge >= 0.3 is 0 Å². The molecule has 188 valence electrons. The highest BCUT2D eigenvalue weighted by Crippen LogP contribution is 2.42. The smallest absolute Gasteiger partial charge is 0.251 e. The number of ether oxygens (including phenoxy) is 1. The fraction of sp³-hybridized carbons (Fsp3) is 0.462. The molecule has 35 heavy (non-hydrogen) atoms. The molecule has 6 nitrogen and oxygen atoms in total. The number of carbonyl (C=O) groups excluding carboxylic acids is 2. The Kier molecular flexibility index (Phi) is 9.00. The van der Waals surface area contributed by atoms with Crippen molar-refractivity contribution in [2.24, 2.45) is 0 Å². The average Bonchev–Trinajstić information content (AvgIpc) is 3.64. The van der Waals surface area contributed by atoms with Crippen molar-refractivity contribution < 1.29 is 18.7 Å². The summed E-state index contributed by atoms with van der Waals surface area (Å²) >= 11 is 12.1. The molecular formula is C26H30Cl2FN3O3. The van der Waals surface area contributed by atoms with Crippen molar-refractivity contribution in [2.45, 2.75) is 43.7 Å². The molecule has 3 atom stereocenters. The standard InChI is InChI=1S/C26H30Cl2FN3O3/c27-21-9-6-18(15-22(21)28)20-16-24(20)30-10-2-1-3-23(26(34)32-11-13-35-14-12-32)31-25(33)17-4-7-19(29)8-5-17/h4-9,15,20,23-24,30H,1-3,10-14,16H2,(H,31,33)/t20-,23-,24+/m0/s1. The first-order valence-electron chi connectivity index (χ1n) is 12.0. The van der Waals surface area contributed by atoms with Gasteiger partial charge < -0.3 is 20.3 Å². The topological polar surface area (TPSA) is 70.7 Å². The second-order valence-electron chi connectivity index (χ2n) is 9.04. The molecule has 1 saturated carbocycles. The van der Waals surface area contributed by atoms with Crippen molar-refractivity contribution in [2.75, 3.05) is 32.8 Å². The summed E-state index contributed by atoms with van der Waals surface area (Å²) < 4.78 is 18.6. The number of hydrogen-bond acceptors (Lipinski definition) is 4. The molecule has 0 unspecified atom stereocenters. The number of carbonyl (C=O) groups is 2. The summed E-state index contributed by atoms with van der Waals surface area (Å²) in [5.41, 5.74) is 1.52. The van der Waals surface area contributed by atoms with Crippen LogP contribution in [0.5, 0.6) is 0 Å². The van der Waals surface area contributed by atoms with E-state index in [0.29, 0.717) is 60.3 Å². The van der Waals surface area contributed by atoms with Gasteiger partial charge in [0.15, 0.2) is 0 Å². The van der Waals surface area contributed by atoms with Crippen LogP contribution in [-0.2, 0) is 9.53 Å². The minimum Gasteiger partial charge on any atom is -0.378 e. The molecule has 1 aliphatic carbocycles. The lowest BCUT2D eigenvalue weighted by atomic mass is 10.1. The van der Waals surface area contributed by atoms with Gasteiger partial charge in [0.25, 0.3) is 5.91 Å². The molecular weight excluding hydrogens is 492 g/mol. The molecule has 4 rings (SSSR count). The quantitative estimate of drug-likeness (QED) is 0.454. The Hall–Kier alpha value is -2.19. The number of unbranched alkanes of at least 4 members (excludes halogenated alkanes) is 1. The first-order chi connectivity index (χ1) is 16.9. The molecule has 1 aliphatic heterocycles. The maximum atomic E-state index is 13.2. The van der Waals surface area contributed by atoms with Crippen molar-refractivity contribution >= 4 is 35.0 Å². The Bertz CT molecular complexity index is 1030. The molecule has 0 aromatic heterocycles. The fourth-order valence-electron chi connectivity index (χ4n) is 4.40. The van der Waals surface area contributed by atoms with E-state index in [1.54, 1.807) is 4.90 Å². The number of rotatable bonds is 10. The van der Waals surface area contributed by atoms with Gasteiger partial charge in [0.2, 0.25) is 5.91 Å². The number of halogens is 3. The Morgan fingerprint density at radius 3 is 2.51 bits per heavy atom. The Balaban J connectivity index is 1.25. The van der Waals surface area contributed by atoms with Gasteiger partial charge in [-0.1, -0.05) is 29.3 Å². The van der Waals surface area contributed by atoms with Crippen LogP contribution >= 0.6 is 23.2 Å². The Labute approximate surface area is 215 Å². The molecule has 0 bridgehead atoms. The van der Waals surface area contributed by atoms with E-state index in [-0.39, 0.29) is 11.8 Å². The molecule has 9 heteroatoms. The molecule has 2 aromatic carbocycles. The average molecular weight is 522 g/mol. The molecule has 2 fully saturated rings. The van der Waals surface area contributed by atoms with Gasteiger partial charge in [0.05, 0.1) is 23.3 Å². The van der Waals surface area contributed by atoms with Crippen molar-refractivity contribution in [1.82, 2.24) is 15.5 Å². The van der Waals surface area contributed by atoms with Gasteiger partial charge in [-0.05, 0) is 74.2 Å². The summed E-state index contributed by atoms with van der Waals surface area (Å²) in [5.74, 6) is -0.446. The van der Waals surface area contributed by atoms with Crippen LogP contribution in [0.1, 0.15) is 47.5 Å². The van der Waals surface area contributed by atoms with E-state index in [4.69, 9.17) is 27.9 Å². The van der Waals surface area contributed by atoms with Crippen LogP contribution in [-0.4, -0.2) is 61.6 Å². The Morgan fingerprint density at radius 2 is 1.80 bits per heavy atom. The lowest BCUT2D eigenvalue weighted by Crippen LogP contribution is -2.51. The minimum atomic E-state index is -0.629. The molecule has 2 aromatic rings. The van der Waals surface area contributed by atoms with Gasteiger partial charge in [-0.25, -0.2) is 4.39 Å². The maximum Gasteiger partial charge on any atom is 0.251 e. The highest BCUT2D eigenvalue weighted by molar-refractivity contribution is 6.42. The van der Waals surface area contributed by atoms with E-state index in [0.717, 1.165) is 25.8 Å². The van der Waals surface area contributed by atoms with Crippen LogP contribution in [0.25, 0.3) is 0 Å². The van der Waals surface area contributed by atoms with E-state index in [9.17, 15) is 14.0 Å². The van der Waals surface area contributed by atoms with E-state index in [2.05, 4.69) is 10.6 Å². The van der Waals surface area contributed by atoms with E-state index in [1.165, 1.54) is 29.8 Å². The number of hydrogen-bond donors (Lipinski definition) is 2.